The van der Waals surface area contributed by atoms with Crippen LogP contribution in [-0.4, -0.2) is 21.0 Å². The number of aromatic nitrogens is 2. The number of aromatic carboxylic acids is 1. The zero-order valence-corrected chi connectivity index (χ0v) is 10.9. The van der Waals surface area contributed by atoms with Gasteiger partial charge in [-0.1, -0.05) is 20.8 Å². The zero-order chi connectivity index (χ0) is 13.5. The van der Waals surface area contributed by atoms with Crippen LogP contribution in [0.4, 0.5) is 0 Å². The molecule has 0 saturated carbocycles. The van der Waals surface area contributed by atoms with Crippen molar-refractivity contribution in [3.05, 3.63) is 27.4 Å². The van der Waals surface area contributed by atoms with Gasteiger partial charge in [0.05, 0.1) is 0 Å². The summed E-state index contributed by atoms with van der Waals surface area (Å²) in [5.41, 5.74) is 0.924. The van der Waals surface area contributed by atoms with E-state index >= 15 is 0 Å². The van der Waals surface area contributed by atoms with Gasteiger partial charge < -0.3 is 10.1 Å². The number of nitrogens with one attached hydrogen (secondary N) is 1. The molecule has 0 bridgehead atoms. The highest BCUT2D eigenvalue weighted by molar-refractivity contribution is 5.87. The van der Waals surface area contributed by atoms with Crippen molar-refractivity contribution < 1.29 is 9.90 Å². The summed E-state index contributed by atoms with van der Waals surface area (Å²) in [6, 6.07) is 0. The predicted octanol–water partition coefficient (Wildman–Crippen LogP) is 1.62. The van der Waals surface area contributed by atoms with Gasteiger partial charge in [-0.3, -0.25) is 0 Å². The normalized spacial score (nSPS) is 19.4. The molecule has 2 N–H and O–H groups in total. The van der Waals surface area contributed by atoms with E-state index in [0.717, 1.165) is 18.5 Å². The largest absolute Gasteiger partial charge is 0.476 e. The minimum Gasteiger partial charge on any atom is -0.476 e. The summed E-state index contributed by atoms with van der Waals surface area (Å²) in [7, 11) is 0. The van der Waals surface area contributed by atoms with Gasteiger partial charge in [0.2, 0.25) is 0 Å². The first-order chi connectivity index (χ1) is 8.29. The summed E-state index contributed by atoms with van der Waals surface area (Å²) < 4.78 is 0. The monoisotopic (exact) mass is 250 g/mol. The Kier molecular flexibility index (Phi) is 3.00. The molecule has 0 aromatic carbocycles. The van der Waals surface area contributed by atoms with Crippen LogP contribution < -0.4 is 5.69 Å². The van der Waals surface area contributed by atoms with Crippen LogP contribution in [0.1, 0.15) is 48.9 Å². The van der Waals surface area contributed by atoms with Crippen molar-refractivity contribution in [2.75, 3.05) is 0 Å². The molecule has 0 fully saturated rings. The summed E-state index contributed by atoms with van der Waals surface area (Å²) in [5, 5.41) is 9.14. The number of aromatic amines is 1. The second kappa shape index (κ2) is 4.23. The lowest BCUT2D eigenvalue weighted by Crippen LogP contribution is -2.31. The van der Waals surface area contributed by atoms with Gasteiger partial charge in [0.15, 0.2) is 5.69 Å². The summed E-state index contributed by atoms with van der Waals surface area (Å²) in [4.78, 5) is 28.7. The molecule has 18 heavy (non-hydrogen) atoms. The van der Waals surface area contributed by atoms with E-state index in [4.69, 9.17) is 5.11 Å². The van der Waals surface area contributed by atoms with Crippen LogP contribution in [0.5, 0.6) is 0 Å². The summed E-state index contributed by atoms with van der Waals surface area (Å²) in [5.74, 6) is -0.706. The fourth-order valence-electron chi connectivity index (χ4n) is 2.56. The SMILES string of the molecule is CC(C)(C)C1CCc2[nH]c(=O)nc(C(=O)O)c2C1. The Bertz CT molecular complexity index is 540. The van der Waals surface area contributed by atoms with Crippen molar-refractivity contribution in [3.8, 4) is 0 Å². The Morgan fingerprint density at radius 3 is 2.67 bits per heavy atom. The number of carbonyl (C=O) groups is 1. The second-order valence-corrected chi connectivity index (χ2v) is 5.96. The van der Waals surface area contributed by atoms with Crippen LogP contribution in [0.3, 0.4) is 0 Å². The summed E-state index contributed by atoms with van der Waals surface area (Å²) >= 11 is 0. The number of carboxylic acids is 1. The second-order valence-electron chi connectivity index (χ2n) is 5.96. The molecule has 0 saturated heterocycles. The smallest absolute Gasteiger partial charge is 0.355 e. The molecule has 2 rings (SSSR count). The molecule has 1 unspecified atom stereocenters. The number of H-pyrrole nitrogens is 1. The van der Waals surface area contributed by atoms with Crippen molar-refractivity contribution in [1.29, 1.82) is 0 Å². The number of fused-ring (bicyclic) bond motifs is 1. The van der Waals surface area contributed by atoms with Crippen LogP contribution in [0.15, 0.2) is 4.79 Å². The van der Waals surface area contributed by atoms with Crippen molar-refractivity contribution in [2.45, 2.75) is 40.0 Å². The number of rotatable bonds is 1. The van der Waals surface area contributed by atoms with Gasteiger partial charge in [0.25, 0.3) is 0 Å². The molecule has 1 aliphatic rings. The maximum Gasteiger partial charge on any atom is 0.355 e. The lowest BCUT2D eigenvalue weighted by Gasteiger charge is -2.34. The fourth-order valence-corrected chi connectivity index (χ4v) is 2.56. The Hall–Kier alpha value is -1.65. The number of hydrogen-bond acceptors (Lipinski definition) is 3. The van der Waals surface area contributed by atoms with E-state index in [9.17, 15) is 9.59 Å². The van der Waals surface area contributed by atoms with Crippen molar-refractivity contribution in [1.82, 2.24) is 9.97 Å². The molecule has 1 aliphatic carbocycles. The van der Waals surface area contributed by atoms with Gasteiger partial charge in [-0.15, -0.1) is 0 Å². The molecule has 1 aromatic heterocycles. The van der Waals surface area contributed by atoms with Crippen LogP contribution in [0, 0.1) is 11.3 Å². The van der Waals surface area contributed by atoms with Crippen molar-refractivity contribution in [3.63, 3.8) is 0 Å². The number of aryl methyl sites for hydroxylation is 1. The van der Waals surface area contributed by atoms with Crippen LogP contribution in [0.25, 0.3) is 0 Å². The Morgan fingerprint density at radius 1 is 1.44 bits per heavy atom. The summed E-state index contributed by atoms with van der Waals surface area (Å²) in [6.07, 6.45) is 2.36. The first kappa shape index (κ1) is 12.8. The Balaban J connectivity index is 2.48. The molecule has 1 atom stereocenters. The Morgan fingerprint density at radius 2 is 2.11 bits per heavy atom. The summed E-state index contributed by atoms with van der Waals surface area (Å²) in [6.45, 7) is 6.46. The third-order valence-corrected chi connectivity index (χ3v) is 3.74. The lowest BCUT2D eigenvalue weighted by molar-refractivity contribution is 0.0686. The lowest BCUT2D eigenvalue weighted by atomic mass is 9.71. The van der Waals surface area contributed by atoms with E-state index in [1.165, 1.54) is 0 Å². The molecule has 1 heterocycles. The average molecular weight is 250 g/mol. The van der Waals surface area contributed by atoms with E-state index in [1.54, 1.807) is 0 Å². The highest BCUT2D eigenvalue weighted by Gasteiger charge is 2.32. The van der Waals surface area contributed by atoms with Crippen LogP contribution >= 0.6 is 0 Å². The molecule has 1 aromatic rings. The molecule has 0 spiro atoms. The van der Waals surface area contributed by atoms with Crippen molar-refractivity contribution >= 4 is 5.97 Å². The highest BCUT2D eigenvalue weighted by atomic mass is 16.4. The van der Waals surface area contributed by atoms with Gasteiger partial charge in [-0.05, 0) is 30.6 Å². The van der Waals surface area contributed by atoms with E-state index in [-0.39, 0.29) is 11.1 Å². The first-order valence-corrected chi connectivity index (χ1v) is 6.14. The topological polar surface area (TPSA) is 83.0 Å². The molecule has 0 radical (unpaired) electrons. The number of nitrogens with zero attached hydrogens (tertiary/aromatic N) is 1. The van der Waals surface area contributed by atoms with Gasteiger partial charge in [-0.25, -0.2) is 9.59 Å². The zero-order valence-electron chi connectivity index (χ0n) is 10.9. The third kappa shape index (κ3) is 2.30. The van der Waals surface area contributed by atoms with Crippen molar-refractivity contribution in [2.24, 2.45) is 11.3 Å². The minimum absolute atomic E-state index is 0.0808. The highest BCUT2D eigenvalue weighted by Crippen LogP contribution is 2.37. The molecular weight excluding hydrogens is 232 g/mol. The predicted molar refractivity (Wildman–Crippen MR) is 66.8 cm³/mol. The molecular formula is C13H18N2O3. The first-order valence-electron chi connectivity index (χ1n) is 6.14. The van der Waals surface area contributed by atoms with Gasteiger partial charge in [-0.2, -0.15) is 4.98 Å². The fraction of sp³-hybridized carbons (Fsp3) is 0.615. The quantitative estimate of drug-likeness (QED) is 0.793. The van der Waals surface area contributed by atoms with Crippen LogP contribution in [-0.2, 0) is 12.8 Å². The molecule has 5 nitrogen and oxygen atoms in total. The molecule has 0 aliphatic heterocycles. The van der Waals surface area contributed by atoms with Gasteiger partial charge in [0.1, 0.15) is 0 Å². The standard InChI is InChI=1S/C13H18N2O3/c1-13(2,3)7-4-5-9-8(6-7)10(11(16)17)15-12(18)14-9/h7H,4-6H2,1-3H3,(H,16,17)(H,14,15,18). The third-order valence-electron chi connectivity index (χ3n) is 3.74. The van der Waals surface area contributed by atoms with E-state index in [2.05, 4.69) is 30.7 Å². The van der Waals surface area contributed by atoms with Gasteiger partial charge >= 0.3 is 11.7 Å². The van der Waals surface area contributed by atoms with E-state index in [1.807, 2.05) is 0 Å². The molecule has 0 amide bonds. The number of carboxylic acid groups (broad SMARTS) is 1. The number of hydrogen-bond donors (Lipinski definition) is 2. The molecule has 98 valence electrons. The average Bonchev–Trinajstić information content (AvgIpc) is 2.25. The maximum absolute atomic E-state index is 11.3. The molecule has 5 heteroatoms. The minimum atomic E-state index is -1.12. The van der Waals surface area contributed by atoms with Crippen LogP contribution in [0.2, 0.25) is 0 Å². The maximum atomic E-state index is 11.3. The van der Waals surface area contributed by atoms with E-state index < -0.39 is 11.7 Å². The van der Waals surface area contributed by atoms with E-state index in [0.29, 0.717) is 17.9 Å². The van der Waals surface area contributed by atoms with Gasteiger partial charge in [0, 0.05) is 11.3 Å². The Labute approximate surface area is 105 Å².